The molecule has 2 N–H and O–H groups in total. The fraction of sp³-hybridized carbons (Fsp3) is 0.455. The number of anilines is 1. The number of carbonyl (C=O) groups excluding carboxylic acids is 1. The maximum atomic E-state index is 11.6. The van der Waals surface area contributed by atoms with Gasteiger partial charge in [-0.1, -0.05) is 25.4 Å². The summed E-state index contributed by atoms with van der Waals surface area (Å²) in [6.07, 6.45) is 1.55. The van der Waals surface area contributed by atoms with Gasteiger partial charge < -0.3 is 10.6 Å². The SMILES string of the molecule is CC(C)C(C)NC(=O)Nc1ccnc(Cl)c1. The zero-order valence-electron chi connectivity index (χ0n) is 9.62. The van der Waals surface area contributed by atoms with Gasteiger partial charge in [-0.15, -0.1) is 0 Å². The predicted molar refractivity (Wildman–Crippen MR) is 65.7 cm³/mol. The molecule has 1 aromatic heterocycles. The van der Waals surface area contributed by atoms with E-state index in [2.05, 4.69) is 15.6 Å². The van der Waals surface area contributed by atoms with Gasteiger partial charge in [-0.3, -0.25) is 0 Å². The maximum absolute atomic E-state index is 11.6. The summed E-state index contributed by atoms with van der Waals surface area (Å²) < 4.78 is 0. The average Bonchev–Trinajstić information content (AvgIpc) is 2.16. The first-order valence-corrected chi connectivity index (χ1v) is 5.56. The van der Waals surface area contributed by atoms with E-state index in [1.807, 2.05) is 20.8 Å². The van der Waals surface area contributed by atoms with E-state index in [-0.39, 0.29) is 12.1 Å². The first-order valence-electron chi connectivity index (χ1n) is 5.18. The molecule has 1 rings (SSSR count). The van der Waals surface area contributed by atoms with Gasteiger partial charge in [-0.05, 0) is 25.0 Å². The highest BCUT2D eigenvalue weighted by Gasteiger charge is 2.10. The van der Waals surface area contributed by atoms with Crippen molar-refractivity contribution < 1.29 is 4.79 Å². The van der Waals surface area contributed by atoms with Gasteiger partial charge in [0.05, 0.1) is 0 Å². The Hall–Kier alpha value is -1.29. The highest BCUT2D eigenvalue weighted by molar-refractivity contribution is 6.29. The lowest BCUT2D eigenvalue weighted by atomic mass is 10.1. The second-order valence-electron chi connectivity index (χ2n) is 4.00. The second kappa shape index (κ2) is 5.70. The standard InChI is InChI=1S/C11H16ClN3O/c1-7(2)8(3)14-11(16)15-9-4-5-13-10(12)6-9/h4-8H,1-3H3,(H2,13,14,15,16). The Labute approximate surface area is 100 Å². The van der Waals surface area contributed by atoms with E-state index in [0.29, 0.717) is 16.8 Å². The molecule has 0 radical (unpaired) electrons. The summed E-state index contributed by atoms with van der Waals surface area (Å²) in [5.41, 5.74) is 0.633. The number of aromatic nitrogens is 1. The Bertz CT molecular complexity index is 368. The Morgan fingerprint density at radius 2 is 2.12 bits per heavy atom. The Kier molecular flexibility index (Phi) is 4.55. The van der Waals surface area contributed by atoms with Crippen molar-refractivity contribution in [3.8, 4) is 0 Å². The van der Waals surface area contributed by atoms with Crippen molar-refractivity contribution in [2.75, 3.05) is 5.32 Å². The molecule has 0 aromatic carbocycles. The third-order valence-corrected chi connectivity index (χ3v) is 2.55. The molecule has 16 heavy (non-hydrogen) atoms. The average molecular weight is 242 g/mol. The molecular formula is C11H16ClN3O. The van der Waals surface area contributed by atoms with Gasteiger partial charge in [-0.2, -0.15) is 0 Å². The van der Waals surface area contributed by atoms with Crippen LogP contribution in [0.4, 0.5) is 10.5 Å². The van der Waals surface area contributed by atoms with Gasteiger partial charge in [0.15, 0.2) is 0 Å². The second-order valence-corrected chi connectivity index (χ2v) is 4.39. The third kappa shape index (κ3) is 4.06. The number of hydrogen-bond donors (Lipinski definition) is 2. The van der Waals surface area contributed by atoms with Crippen LogP contribution in [0.3, 0.4) is 0 Å². The van der Waals surface area contributed by atoms with E-state index in [0.717, 1.165) is 0 Å². The lowest BCUT2D eigenvalue weighted by Gasteiger charge is -2.17. The van der Waals surface area contributed by atoms with Crippen LogP contribution in [0.25, 0.3) is 0 Å². The van der Waals surface area contributed by atoms with Crippen LogP contribution >= 0.6 is 11.6 Å². The number of nitrogens with zero attached hydrogens (tertiary/aromatic N) is 1. The molecule has 0 saturated heterocycles. The van der Waals surface area contributed by atoms with E-state index in [9.17, 15) is 4.79 Å². The molecule has 1 unspecified atom stereocenters. The van der Waals surface area contributed by atoms with Crippen molar-refractivity contribution in [1.82, 2.24) is 10.3 Å². The molecule has 0 aliphatic heterocycles. The van der Waals surface area contributed by atoms with E-state index in [1.54, 1.807) is 18.3 Å². The van der Waals surface area contributed by atoms with Crippen LogP contribution in [-0.4, -0.2) is 17.1 Å². The van der Waals surface area contributed by atoms with E-state index in [4.69, 9.17) is 11.6 Å². The smallest absolute Gasteiger partial charge is 0.319 e. The minimum Gasteiger partial charge on any atom is -0.335 e. The van der Waals surface area contributed by atoms with Crippen LogP contribution in [0, 0.1) is 5.92 Å². The number of hydrogen-bond acceptors (Lipinski definition) is 2. The molecule has 2 amide bonds. The molecule has 1 aromatic rings. The van der Waals surface area contributed by atoms with Crippen molar-refractivity contribution in [2.24, 2.45) is 5.92 Å². The highest BCUT2D eigenvalue weighted by atomic mass is 35.5. The van der Waals surface area contributed by atoms with Gasteiger partial charge in [0.1, 0.15) is 5.15 Å². The lowest BCUT2D eigenvalue weighted by Crippen LogP contribution is -2.38. The first-order chi connectivity index (χ1) is 7.49. The molecule has 0 fully saturated rings. The predicted octanol–water partition coefficient (Wildman–Crippen LogP) is 2.90. The van der Waals surface area contributed by atoms with Crippen LogP contribution in [0.15, 0.2) is 18.3 Å². The molecule has 5 heteroatoms. The third-order valence-electron chi connectivity index (χ3n) is 2.34. The van der Waals surface area contributed by atoms with Gasteiger partial charge in [0, 0.05) is 17.9 Å². The molecular weight excluding hydrogens is 226 g/mol. The molecule has 88 valence electrons. The highest BCUT2D eigenvalue weighted by Crippen LogP contribution is 2.11. The molecule has 0 aliphatic rings. The summed E-state index contributed by atoms with van der Waals surface area (Å²) in [7, 11) is 0. The fourth-order valence-corrected chi connectivity index (χ4v) is 1.19. The largest absolute Gasteiger partial charge is 0.335 e. The summed E-state index contributed by atoms with van der Waals surface area (Å²) in [5.74, 6) is 0.395. The number of nitrogens with one attached hydrogen (secondary N) is 2. The summed E-state index contributed by atoms with van der Waals surface area (Å²) in [6, 6.07) is 3.17. The monoisotopic (exact) mass is 241 g/mol. The van der Waals surface area contributed by atoms with E-state index in [1.165, 1.54) is 0 Å². The summed E-state index contributed by atoms with van der Waals surface area (Å²) in [4.78, 5) is 15.4. The van der Waals surface area contributed by atoms with Crippen molar-refractivity contribution in [3.05, 3.63) is 23.5 Å². The Balaban J connectivity index is 2.52. The van der Waals surface area contributed by atoms with Crippen LogP contribution in [0.2, 0.25) is 5.15 Å². The van der Waals surface area contributed by atoms with E-state index < -0.39 is 0 Å². The van der Waals surface area contributed by atoms with Gasteiger partial charge in [-0.25, -0.2) is 9.78 Å². The lowest BCUT2D eigenvalue weighted by molar-refractivity contribution is 0.246. The number of halogens is 1. The summed E-state index contributed by atoms with van der Waals surface area (Å²) in [5, 5.41) is 5.88. The minimum atomic E-state index is -0.233. The number of rotatable bonds is 3. The quantitative estimate of drug-likeness (QED) is 0.800. The van der Waals surface area contributed by atoms with E-state index >= 15 is 0 Å². The molecule has 4 nitrogen and oxygen atoms in total. The molecule has 0 saturated carbocycles. The molecule has 1 atom stereocenters. The normalized spacial score (nSPS) is 12.3. The van der Waals surface area contributed by atoms with Gasteiger partial charge in [0.2, 0.25) is 0 Å². The zero-order valence-corrected chi connectivity index (χ0v) is 10.4. The number of carbonyl (C=O) groups is 1. The number of pyridine rings is 1. The van der Waals surface area contributed by atoms with Crippen LogP contribution in [0.5, 0.6) is 0 Å². The topological polar surface area (TPSA) is 54.0 Å². The Morgan fingerprint density at radius 3 is 2.69 bits per heavy atom. The fourth-order valence-electron chi connectivity index (χ4n) is 1.02. The van der Waals surface area contributed by atoms with Crippen LogP contribution in [0.1, 0.15) is 20.8 Å². The van der Waals surface area contributed by atoms with Crippen molar-refractivity contribution in [2.45, 2.75) is 26.8 Å². The first kappa shape index (κ1) is 12.8. The van der Waals surface area contributed by atoms with Crippen LogP contribution in [-0.2, 0) is 0 Å². The van der Waals surface area contributed by atoms with Gasteiger partial charge in [0.25, 0.3) is 0 Å². The van der Waals surface area contributed by atoms with Gasteiger partial charge >= 0.3 is 6.03 Å². The maximum Gasteiger partial charge on any atom is 0.319 e. The van der Waals surface area contributed by atoms with Crippen molar-refractivity contribution >= 4 is 23.3 Å². The minimum absolute atomic E-state index is 0.123. The van der Waals surface area contributed by atoms with Crippen molar-refractivity contribution in [3.63, 3.8) is 0 Å². The molecule has 0 spiro atoms. The molecule has 0 bridgehead atoms. The zero-order chi connectivity index (χ0) is 12.1. The summed E-state index contributed by atoms with van der Waals surface area (Å²) in [6.45, 7) is 6.06. The van der Waals surface area contributed by atoms with Crippen LogP contribution < -0.4 is 10.6 Å². The number of amides is 2. The molecule has 1 heterocycles. The Morgan fingerprint density at radius 1 is 1.44 bits per heavy atom. The molecule has 0 aliphatic carbocycles. The summed E-state index contributed by atoms with van der Waals surface area (Å²) >= 11 is 5.70. The van der Waals surface area contributed by atoms with Crippen molar-refractivity contribution in [1.29, 1.82) is 0 Å². The number of urea groups is 1.